The molecule has 1 aliphatic heterocycles. The topological polar surface area (TPSA) is 70.1 Å². The van der Waals surface area contributed by atoms with Gasteiger partial charge in [0.25, 0.3) is 11.8 Å². The van der Waals surface area contributed by atoms with Gasteiger partial charge in [-0.25, -0.2) is 0 Å². The van der Waals surface area contributed by atoms with Crippen molar-refractivity contribution in [3.05, 3.63) is 59.7 Å². The lowest BCUT2D eigenvalue weighted by molar-refractivity contribution is 0.0880. The summed E-state index contributed by atoms with van der Waals surface area (Å²) in [5, 5.41) is 6.20. The summed E-state index contributed by atoms with van der Waals surface area (Å²) in [6, 6.07) is 16.1. The maximum absolute atomic E-state index is 13.0. The first-order chi connectivity index (χ1) is 15.1. The summed E-state index contributed by atoms with van der Waals surface area (Å²) in [6.45, 7) is 1.79. The monoisotopic (exact) mass is 410 g/mol. The van der Waals surface area contributed by atoms with Crippen LogP contribution in [0.3, 0.4) is 0 Å². The van der Waals surface area contributed by atoms with Gasteiger partial charge in [-0.1, -0.05) is 36.4 Å². The molecule has 6 rings (SSSR count). The fourth-order valence-corrected chi connectivity index (χ4v) is 5.11. The van der Waals surface area contributed by atoms with Gasteiger partial charge in [-0.05, 0) is 39.2 Å². The fourth-order valence-electron chi connectivity index (χ4n) is 5.11. The zero-order chi connectivity index (χ0) is 21.3. The number of para-hydroxylation sites is 2. The molecule has 0 spiro atoms. The Bertz CT molecular complexity index is 1550. The van der Waals surface area contributed by atoms with Gasteiger partial charge in [0, 0.05) is 39.1 Å². The molecule has 3 heterocycles. The van der Waals surface area contributed by atoms with E-state index in [1.54, 1.807) is 0 Å². The zero-order valence-corrected chi connectivity index (χ0v) is 17.5. The van der Waals surface area contributed by atoms with Crippen LogP contribution >= 0.6 is 0 Å². The number of carbonyl (C=O) groups excluding carboxylic acids is 2. The van der Waals surface area contributed by atoms with Gasteiger partial charge in [-0.15, -0.1) is 0 Å². The second-order valence-electron chi connectivity index (χ2n) is 8.50. The number of aryl methyl sites for hydroxylation is 1. The van der Waals surface area contributed by atoms with E-state index in [0.717, 1.165) is 63.1 Å². The minimum absolute atomic E-state index is 0.312. The van der Waals surface area contributed by atoms with Gasteiger partial charge in [0.05, 0.1) is 22.2 Å². The van der Waals surface area contributed by atoms with Crippen LogP contribution in [0, 0.1) is 0 Å². The predicted molar refractivity (Wildman–Crippen MR) is 124 cm³/mol. The summed E-state index contributed by atoms with van der Waals surface area (Å²) in [4.78, 5) is 31.6. The van der Waals surface area contributed by atoms with Crippen molar-refractivity contribution in [1.29, 1.82) is 0 Å². The molecule has 0 atom stereocenters. The Hall–Kier alpha value is -3.64. The number of aromatic amines is 1. The van der Waals surface area contributed by atoms with Crippen LogP contribution < -0.4 is 5.32 Å². The highest BCUT2D eigenvalue weighted by Gasteiger charge is 2.35. The third kappa shape index (κ3) is 2.42. The van der Waals surface area contributed by atoms with Crippen LogP contribution in [0.25, 0.3) is 43.6 Å². The average Bonchev–Trinajstić information content (AvgIpc) is 3.38. The molecule has 154 valence electrons. The number of nitrogens with zero attached hydrogens (tertiary/aromatic N) is 2. The van der Waals surface area contributed by atoms with E-state index in [1.165, 1.54) is 0 Å². The number of H-pyrrole nitrogens is 1. The maximum atomic E-state index is 13.0. The summed E-state index contributed by atoms with van der Waals surface area (Å²) in [5.74, 6) is -0.630. The standard InChI is InChI=1S/C25H22N4O2/c1-28(2)12-7-13-29-17-11-6-4-9-15(17)19-21-20(24(30)27-25(21)31)18-14-8-3-5-10-16(14)26-22(18)23(19)29/h3-6,8-11,26H,7,12-13H2,1-2H3,(H,27,30,31). The van der Waals surface area contributed by atoms with E-state index in [1.807, 2.05) is 42.5 Å². The molecule has 5 aromatic rings. The smallest absolute Gasteiger partial charge is 0.259 e. The van der Waals surface area contributed by atoms with Crippen LogP contribution in [0.4, 0.5) is 0 Å². The average molecular weight is 410 g/mol. The number of imide groups is 1. The Morgan fingerprint density at radius 2 is 1.55 bits per heavy atom. The predicted octanol–water partition coefficient (Wildman–Crippen LogP) is 4.26. The Morgan fingerprint density at radius 3 is 2.32 bits per heavy atom. The van der Waals surface area contributed by atoms with Gasteiger partial charge in [-0.2, -0.15) is 0 Å². The molecule has 0 unspecified atom stereocenters. The molecule has 0 saturated heterocycles. The lowest BCUT2D eigenvalue weighted by Crippen LogP contribution is -2.20. The molecule has 2 N–H and O–H groups in total. The van der Waals surface area contributed by atoms with Gasteiger partial charge in [0.15, 0.2) is 0 Å². The summed E-state index contributed by atoms with van der Waals surface area (Å²) in [6.07, 6.45) is 0.977. The van der Waals surface area contributed by atoms with Crippen LogP contribution in [0.1, 0.15) is 27.1 Å². The number of fused-ring (bicyclic) bond motifs is 10. The summed E-state index contributed by atoms with van der Waals surface area (Å²) < 4.78 is 2.31. The van der Waals surface area contributed by atoms with Gasteiger partial charge >= 0.3 is 0 Å². The molecule has 0 fully saturated rings. The normalized spacial score (nSPS) is 13.9. The number of hydrogen-bond acceptors (Lipinski definition) is 3. The number of aromatic nitrogens is 2. The molecule has 0 aliphatic carbocycles. The first-order valence-electron chi connectivity index (χ1n) is 10.5. The molecular formula is C25H22N4O2. The van der Waals surface area contributed by atoms with Gasteiger partial charge < -0.3 is 14.5 Å². The quantitative estimate of drug-likeness (QED) is 0.435. The lowest BCUT2D eigenvalue weighted by Gasteiger charge is -2.12. The molecule has 0 radical (unpaired) electrons. The lowest BCUT2D eigenvalue weighted by atomic mass is 9.97. The Labute approximate surface area is 178 Å². The van der Waals surface area contributed by atoms with E-state index in [4.69, 9.17) is 0 Å². The molecule has 0 saturated carbocycles. The molecule has 3 aromatic carbocycles. The van der Waals surface area contributed by atoms with Crippen molar-refractivity contribution >= 4 is 55.4 Å². The zero-order valence-electron chi connectivity index (χ0n) is 17.5. The number of hydrogen-bond donors (Lipinski definition) is 2. The highest BCUT2D eigenvalue weighted by molar-refractivity contribution is 6.39. The summed E-state index contributed by atoms with van der Waals surface area (Å²) in [7, 11) is 4.15. The molecule has 0 bridgehead atoms. The number of carbonyl (C=O) groups is 2. The molecular weight excluding hydrogens is 388 g/mol. The number of rotatable bonds is 4. The third-order valence-electron chi connectivity index (χ3n) is 6.33. The van der Waals surface area contributed by atoms with Gasteiger partial charge in [0.2, 0.25) is 0 Å². The van der Waals surface area contributed by atoms with Crippen LogP contribution in [-0.2, 0) is 6.54 Å². The number of benzene rings is 3. The van der Waals surface area contributed by atoms with Gasteiger partial charge in [0.1, 0.15) is 0 Å². The van der Waals surface area contributed by atoms with Crippen molar-refractivity contribution in [2.24, 2.45) is 0 Å². The largest absolute Gasteiger partial charge is 0.353 e. The number of amides is 2. The van der Waals surface area contributed by atoms with Crippen molar-refractivity contribution in [2.75, 3.05) is 20.6 Å². The Morgan fingerprint density at radius 1 is 0.871 bits per heavy atom. The van der Waals surface area contributed by atoms with E-state index in [2.05, 4.69) is 39.9 Å². The van der Waals surface area contributed by atoms with Crippen molar-refractivity contribution < 1.29 is 9.59 Å². The second kappa shape index (κ2) is 6.43. The SMILES string of the molecule is CN(C)CCCn1c2ccccc2c2c3c(c4c5ccccc5[nH]c4c21)C(=O)NC3=O. The van der Waals surface area contributed by atoms with E-state index in [0.29, 0.717) is 11.1 Å². The van der Waals surface area contributed by atoms with Crippen LogP contribution in [-0.4, -0.2) is 46.9 Å². The summed E-state index contributed by atoms with van der Waals surface area (Å²) in [5.41, 5.74) is 4.94. The van der Waals surface area contributed by atoms with Crippen molar-refractivity contribution in [3.8, 4) is 0 Å². The van der Waals surface area contributed by atoms with Crippen molar-refractivity contribution in [2.45, 2.75) is 13.0 Å². The molecule has 31 heavy (non-hydrogen) atoms. The first kappa shape index (κ1) is 18.2. The fraction of sp³-hybridized carbons (Fsp3) is 0.200. The highest BCUT2D eigenvalue weighted by atomic mass is 16.2. The van der Waals surface area contributed by atoms with Gasteiger partial charge in [-0.3, -0.25) is 14.9 Å². The Balaban J connectivity index is 1.84. The van der Waals surface area contributed by atoms with Crippen molar-refractivity contribution in [1.82, 2.24) is 19.8 Å². The van der Waals surface area contributed by atoms with Crippen LogP contribution in [0.5, 0.6) is 0 Å². The molecule has 6 nitrogen and oxygen atoms in total. The number of nitrogens with one attached hydrogen (secondary N) is 2. The second-order valence-corrected chi connectivity index (χ2v) is 8.50. The molecule has 6 heteroatoms. The first-order valence-corrected chi connectivity index (χ1v) is 10.5. The third-order valence-corrected chi connectivity index (χ3v) is 6.33. The van der Waals surface area contributed by atoms with Crippen LogP contribution in [0.2, 0.25) is 0 Å². The minimum Gasteiger partial charge on any atom is -0.353 e. The maximum Gasteiger partial charge on any atom is 0.259 e. The minimum atomic E-state index is -0.318. The van der Waals surface area contributed by atoms with E-state index in [-0.39, 0.29) is 11.8 Å². The van der Waals surface area contributed by atoms with E-state index < -0.39 is 0 Å². The summed E-state index contributed by atoms with van der Waals surface area (Å²) >= 11 is 0. The molecule has 2 aromatic heterocycles. The molecule has 2 amide bonds. The Kier molecular flexibility index (Phi) is 3.76. The van der Waals surface area contributed by atoms with E-state index >= 15 is 0 Å². The van der Waals surface area contributed by atoms with Crippen molar-refractivity contribution in [3.63, 3.8) is 0 Å². The molecule has 1 aliphatic rings. The van der Waals surface area contributed by atoms with E-state index in [9.17, 15) is 9.59 Å². The highest BCUT2D eigenvalue weighted by Crippen LogP contribution is 2.43. The van der Waals surface area contributed by atoms with Crippen LogP contribution in [0.15, 0.2) is 48.5 Å².